The van der Waals surface area contributed by atoms with Crippen LogP contribution in [0, 0.1) is 6.92 Å². The summed E-state index contributed by atoms with van der Waals surface area (Å²) in [6.45, 7) is 5.00. The molecule has 4 aromatic rings. The van der Waals surface area contributed by atoms with Crippen LogP contribution in [-0.2, 0) is 4.74 Å². The molecule has 1 aliphatic rings. The molecule has 0 amide bonds. The number of nitrogens with zero attached hydrogens (tertiary/aromatic N) is 5. The first-order chi connectivity index (χ1) is 15.6. The lowest BCUT2D eigenvalue weighted by atomic mass is 10.2. The summed E-state index contributed by atoms with van der Waals surface area (Å²) in [5, 5.41) is 3.40. The molecule has 9 nitrogen and oxygen atoms in total. The molecule has 3 aromatic heterocycles. The van der Waals surface area contributed by atoms with E-state index in [0.717, 1.165) is 66.0 Å². The standard InChI is InChI=1S/C23H25N7O2/c1-15-18(24)11-16(13-26-15)19-14-30-6-5-25-23(30)22(28-19)27-17-3-4-20(21(12-17)31-2)29-7-9-32-10-8-29/h3-6,11-14H,7-10,24H2,1-2H3,(H,27,28). The number of hydrogen-bond acceptors (Lipinski definition) is 8. The largest absolute Gasteiger partial charge is 0.495 e. The van der Waals surface area contributed by atoms with Crippen molar-refractivity contribution in [3.63, 3.8) is 0 Å². The third kappa shape index (κ3) is 3.78. The van der Waals surface area contributed by atoms with Gasteiger partial charge in [0.25, 0.3) is 0 Å². The van der Waals surface area contributed by atoms with Crippen LogP contribution in [0.1, 0.15) is 5.69 Å². The molecule has 32 heavy (non-hydrogen) atoms. The van der Waals surface area contributed by atoms with E-state index in [1.165, 1.54) is 0 Å². The molecule has 1 aromatic carbocycles. The second-order valence-corrected chi connectivity index (χ2v) is 7.64. The van der Waals surface area contributed by atoms with Crippen LogP contribution in [0.25, 0.3) is 16.9 Å². The zero-order chi connectivity index (χ0) is 22.1. The summed E-state index contributed by atoms with van der Waals surface area (Å²) in [5.41, 5.74) is 11.7. The van der Waals surface area contributed by atoms with Gasteiger partial charge in [-0.25, -0.2) is 9.97 Å². The van der Waals surface area contributed by atoms with Crippen molar-refractivity contribution in [2.45, 2.75) is 6.92 Å². The average Bonchev–Trinajstić information content (AvgIpc) is 3.30. The Hall–Kier alpha value is -3.85. The fourth-order valence-corrected chi connectivity index (χ4v) is 3.80. The van der Waals surface area contributed by atoms with Crippen LogP contribution in [0.2, 0.25) is 0 Å². The monoisotopic (exact) mass is 431 g/mol. The van der Waals surface area contributed by atoms with E-state index in [2.05, 4.69) is 26.3 Å². The van der Waals surface area contributed by atoms with E-state index < -0.39 is 0 Å². The molecule has 9 heteroatoms. The molecule has 0 unspecified atom stereocenters. The molecule has 5 rings (SSSR count). The Morgan fingerprint density at radius 3 is 2.78 bits per heavy atom. The number of aromatic nitrogens is 4. The van der Waals surface area contributed by atoms with Gasteiger partial charge < -0.3 is 29.8 Å². The predicted molar refractivity (Wildman–Crippen MR) is 125 cm³/mol. The van der Waals surface area contributed by atoms with Gasteiger partial charge in [0.15, 0.2) is 11.5 Å². The van der Waals surface area contributed by atoms with Gasteiger partial charge in [0, 0.05) is 55.2 Å². The number of nitrogens with two attached hydrogens (primary N) is 1. The molecule has 0 atom stereocenters. The normalized spacial score (nSPS) is 14.0. The number of nitrogens with one attached hydrogen (secondary N) is 1. The van der Waals surface area contributed by atoms with Crippen LogP contribution in [-0.4, -0.2) is 52.8 Å². The lowest BCUT2D eigenvalue weighted by molar-refractivity contribution is 0.122. The Bertz CT molecular complexity index is 1260. The van der Waals surface area contributed by atoms with Gasteiger partial charge in [0.1, 0.15) is 5.75 Å². The van der Waals surface area contributed by atoms with Crippen LogP contribution in [0.15, 0.2) is 49.1 Å². The van der Waals surface area contributed by atoms with Crippen molar-refractivity contribution in [3.05, 3.63) is 54.7 Å². The maximum Gasteiger partial charge on any atom is 0.180 e. The SMILES string of the molecule is COc1cc(Nc2nc(-c3cnc(C)c(N)c3)cn3ccnc23)ccc1N1CCOCC1. The number of ether oxygens (including phenoxy) is 2. The number of rotatable bonds is 5. The number of methoxy groups -OCH3 is 1. The van der Waals surface area contributed by atoms with Crippen molar-refractivity contribution in [2.75, 3.05) is 49.4 Å². The van der Waals surface area contributed by atoms with E-state index in [9.17, 15) is 0 Å². The van der Waals surface area contributed by atoms with Gasteiger partial charge in [-0.05, 0) is 25.1 Å². The van der Waals surface area contributed by atoms with Crippen LogP contribution >= 0.6 is 0 Å². The van der Waals surface area contributed by atoms with Gasteiger partial charge in [-0.3, -0.25) is 4.98 Å². The first-order valence-electron chi connectivity index (χ1n) is 10.5. The smallest absolute Gasteiger partial charge is 0.180 e. The van der Waals surface area contributed by atoms with Crippen LogP contribution in [0.3, 0.4) is 0 Å². The lowest BCUT2D eigenvalue weighted by Crippen LogP contribution is -2.36. The van der Waals surface area contributed by atoms with E-state index in [0.29, 0.717) is 11.5 Å². The summed E-state index contributed by atoms with van der Waals surface area (Å²) in [4.78, 5) is 15.9. The van der Waals surface area contributed by atoms with Crippen LogP contribution in [0.5, 0.6) is 5.75 Å². The average molecular weight is 432 g/mol. The number of nitrogen functional groups attached to an aromatic ring is 1. The Balaban J connectivity index is 1.51. The fraction of sp³-hybridized carbons (Fsp3) is 0.261. The van der Waals surface area contributed by atoms with Gasteiger partial charge >= 0.3 is 0 Å². The fourth-order valence-electron chi connectivity index (χ4n) is 3.80. The van der Waals surface area contributed by atoms with Crippen molar-refractivity contribution in [1.82, 2.24) is 19.4 Å². The second-order valence-electron chi connectivity index (χ2n) is 7.64. The molecule has 164 valence electrons. The van der Waals surface area contributed by atoms with Crippen molar-refractivity contribution in [1.29, 1.82) is 0 Å². The highest BCUT2D eigenvalue weighted by atomic mass is 16.5. The number of pyridine rings is 1. The van der Waals surface area contributed by atoms with Gasteiger partial charge in [-0.15, -0.1) is 0 Å². The van der Waals surface area contributed by atoms with Crippen LogP contribution < -0.4 is 20.7 Å². The van der Waals surface area contributed by atoms with E-state index in [1.807, 2.05) is 41.9 Å². The topological polar surface area (TPSA) is 103 Å². The zero-order valence-electron chi connectivity index (χ0n) is 18.1. The second kappa shape index (κ2) is 8.35. The molecule has 1 aliphatic heterocycles. The minimum atomic E-state index is 0.632. The number of benzene rings is 1. The highest BCUT2D eigenvalue weighted by molar-refractivity contribution is 5.76. The van der Waals surface area contributed by atoms with Gasteiger partial charge in [0.2, 0.25) is 0 Å². The Morgan fingerprint density at radius 2 is 2.00 bits per heavy atom. The van der Waals surface area contributed by atoms with Crippen molar-refractivity contribution < 1.29 is 9.47 Å². The number of morpholine rings is 1. The van der Waals surface area contributed by atoms with Crippen molar-refractivity contribution in [3.8, 4) is 17.0 Å². The van der Waals surface area contributed by atoms with Crippen molar-refractivity contribution in [2.24, 2.45) is 0 Å². The number of anilines is 4. The third-order valence-corrected chi connectivity index (χ3v) is 5.59. The molecular weight excluding hydrogens is 406 g/mol. The summed E-state index contributed by atoms with van der Waals surface area (Å²) in [7, 11) is 1.68. The molecule has 0 spiro atoms. The highest BCUT2D eigenvalue weighted by Crippen LogP contribution is 2.33. The number of hydrogen-bond donors (Lipinski definition) is 2. The summed E-state index contributed by atoms with van der Waals surface area (Å²) >= 11 is 0. The highest BCUT2D eigenvalue weighted by Gasteiger charge is 2.17. The molecule has 4 heterocycles. The maximum atomic E-state index is 6.07. The first kappa shape index (κ1) is 20.1. The molecule has 1 fully saturated rings. The van der Waals surface area contributed by atoms with Gasteiger partial charge in [-0.1, -0.05) is 0 Å². The quantitative estimate of drug-likeness (QED) is 0.496. The summed E-state index contributed by atoms with van der Waals surface area (Å²) in [6, 6.07) is 7.94. The Kier molecular flexibility index (Phi) is 5.24. The summed E-state index contributed by atoms with van der Waals surface area (Å²) in [5.74, 6) is 1.43. The maximum absolute atomic E-state index is 6.07. The van der Waals surface area contributed by atoms with Gasteiger partial charge in [-0.2, -0.15) is 0 Å². The molecule has 0 bridgehead atoms. The molecule has 0 aliphatic carbocycles. The Labute approximate surface area is 185 Å². The third-order valence-electron chi connectivity index (χ3n) is 5.59. The molecular formula is C23H25N7O2. The van der Waals surface area contributed by atoms with Crippen molar-refractivity contribution >= 4 is 28.5 Å². The predicted octanol–water partition coefficient (Wildman–Crippen LogP) is 3.27. The molecule has 1 saturated heterocycles. The van der Waals surface area contributed by atoms with Crippen LogP contribution in [0.4, 0.5) is 22.9 Å². The number of aryl methyl sites for hydroxylation is 1. The Morgan fingerprint density at radius 1 is 1.16 bits per heavy atom. The number of fused-ring (bicyclic) bond motifs is 1. The lowest BCUT2D eigenvalue weighted by Gasteiger charge is -2.30. The first-order valence-corrected chi connectivity index (χ1v) is 10.5. The summed E-state index contributed by atoms with van der Waals surface area (Å²) in [6.07, 6.45) is 7.33. The van der Waals surface area contributed by atoms with E-state index in [-0.39, 0.29) is 0 Å². The number of imidazole rings is 1. The molecule has 0 radical (unpaired) electrons. The minimum absolute atomic E-state index is 0.632. The van der Waals surface area contributed by atoms with E-state index in [1.54, 1.807) is 19.5 Å². The minimum Gasteiger partial charge on any atom is -0.495 e. The molecule has 3 N–H and O–H groups in total. The molecule has 0 saturated carbocycles. The van der Waals surface area contributed by atoms with E-state index >= 15 is 0 Å². The summed E-state index contributed by atoms with van der Waals surface area (Å²) < 4.78 is 13.1. The van der Waals surface area contributed by atoms with E-state index in [4.69, 9.17) is 20.2 Å². The van der Waals surface area contributed by atoms with Gasteiger partial charge in [0.05, 0.1) is 43.1 Å². The zero-order valence-corrected chi connectivity index (χ0v) is 18.1.